The average molecular weight is 504 g/mol. The van der Waals surface area contributed by atoms with Crippen LogP contribution in [0.4, 0.5) is 0 Å². The van der Waals surface area contributed by atoms with Gasteiger partial charge in [-0.2, -0.15) is 0 Å². The van der Waals surface area contributed by atoms with E-state index in [9.17, 15) is 56.2 Å². The molecular formula is C18H32O16. The van der Waals surface area contributed by atoms with Crippen molar-refractivity contribution in [3.8, 4) is 0 Å². The van der Waals surface area contributed by atoms with Crippen LogP contribution in [0.15, 0.2) is 0 Å². The standard InChI is InChI=1S/C18H32O16/c19-1-4-7(21)10(24)13(27)18(32-4)34-15-5(2-20)33-17(14(28)11(15)25)30-3-6-8(22)9(23)12(26)16(29)31-6/h4-29H,1-3H2. The van der Waals surface area contributed by atoms with Crippen molar-refractivity contribution in [3.63, 3.8) is 0 Å². The molecule has 200 valence electrons. The van der Waals surface area contributed by atoms with Gasteiger partial charge in [-0.25, -0.2) is 0 Å². The highest BCUT2D eigenvalue weighted by Crippen LogP contribution is 2.30. The van der Waals surface area contributed by atoms with Gasteiger partial charge < -0.3 is 79.9 Å². The molecule has 16 heteroatoms. The number of rotatable bonds is 7. The van der Waals surface area contributed by atoms with E-state index in [1.165, 1.54) is 0 Å². The van der Waals surface area contributed by atoms with E-state index in [0.29, 0.717) is 0 Å². The Morgan fingerprint density at radius 1 is 0.500 bits per heavy atom. The summed E-state index contributed by atoms with van der Waals surface area (Å²) in [5.41, 5.74) is 0. The summed E-state index contributed by atoms with van der Waals surface area (Å²) < 4.78 is 26.2. The van der Waals surface area contributed by atoms with Crippen molar-refractivity contribution in [1.29, 1.82) is 0 Å². The van der Waals surface area contributed by atoms with Crippen molar-refractivity contribution in [2.24, 2.45) is 0 Å². The lowest BCUT2D eigenvalue weighted by Crippen LogP contribution is -2.65. The summed E-state index contributed by atoms with van der Waals surface area (Å²) in [5.74, 6) is 0. The highest BCUT2D eigenvalue weighted by Gasteiger charge is 2.51. The molecule has 3 heterocycles. The minimum absolute atomic E-state index is 0.577. The van der Waals surface area contributed by atoms with Gasteiger partial charge in [0.05, 0.1) is 19.8 Å². The van der Waals surface area contributed by atoms with E-state index < -0.39 is 112 Å². The quantitative estimate of drug-likeness (QED) is 0.154. The Bertz CT molecular complexity index is 637. The van der Waals surface area contributed by atoms with Gasteiger partial charge in [0.1, 0.15) is 73.2 Å². The topological polar surface area (TPSA) is 269 Å². The van der Waals surface area contributed by atoms with Crippen molar-refractivity contribution >= 4 is 0 Å². The van der Waals surface area contributed by atoms with E-state index in [2.05, 4.69) is 0 Å². The highest BCUT2D eigenvalue weighted by atomic mass is 16.7. The predicted molar refractivity (Wildman–Crippen MR) is 101 cm³/mol. The van der Waals surface area contributed by atoms with Gasteiger partial charge in [0.15, 0.2) is 18.9 Å². The molecule has 3 saturated heterocycles. The molecule has 0 bridgehead atoms. The van der Waals surface area contributed by atoms with Crippen molar-refractivity contribution < 1.29 is 79.9 Å². The fraction of sp³-hybridized carbons (Fsp3) is 1.00. The molecule has 11 N–H and O–H groups in total. The van der Waals surface area contributed by atoms with Crippen molar-refractivity contribution in [1.82, 2.24) is 0 Å². The predicted octanol–water partition coefficient (Wildman–Crippen LogP) is -7.57. The summed E-state index contributed by atoms with van der Waals surface area (Å²) in [7, 11) is 0. The van der Waals surface area contributed by atoms with Crippen LogP contribution >= 0.6 is 0 Å². The lowest BCUT2D eigenvalue weighted by molar-refractivity contribution is -0.363. The molecule has 0 aromatic carbocycles. The molecule has 15 unspecified atom stereocenters. The Balaban J connectivity index is 1.63. The smallest absolute Gasteiger partial charge is 0.187 e. The Labute approximate surface area is 192 Å². The second-order valence-corrected chi connectivity index (χ2v) is 8.37. The summed E-state index contributed by atoms with van der Waals surface area (Å²) in [6, 6.07) is 0. The molecule has 0 saturated carbocycles. The van der Waals surface area contributed by atoms with Crippen LogP contribution in [0.1, 0.15) is 0 Å². The minimum atomic E-state index is -1.82. The number of aliphatic hydroxyl groups excluding tert-OH is 11. The molecule has 3 aliphatic heterocycles. The molecule has 15 atom stereocenters. The van der Waals surface area contributed by atoms with Crippen LogP contribution in [0.2, 0.25) is 0 Å². The first kappa shape index (κ1) is 27.9. The van der Waals surface area contributed by atoms with E-state index in [1.807, 2.05) is 0 Å². The Kier molecular flexibility index (Phi) is 9.54. The highest BCUT2D eigenvalue weighted by molar-refractivity contribution is 4.94. The van der Waals surface area contributed by atoms with Crippen LogP contribution in [-0.4, -0.2) is 168 Å². The molecular weight excluding hydrogens is 472 g/mol. The molecule has 34 heavy (non-hydrogen) atoms. The van der Waals surface area contributed by atoms with Crippen LogP contribution < -0.4 is 0 Å². The van der Waals surface area contributed by atoms with Gasteiger partial charge >= 0.3 is 0 Å². The van der Waals surface area contributed by atoms with E-state index in [1.54, 1.807) is 0 Å². The molecule has 3 fully saturated rings. The SMILES string of the molecule is OCC1OC(OC2C(CO)OC(OCC3OC(O)C(O)C(O)C3O)C(O)C2O)C(O)C(O)C1O. The summed E-state index contributed by atoms with van der Waals surface area (Å²) in [5, 5.41) is 109. The second-order valence-electron chi connectivity index (χ2n) is 8.37. The molecule has 0 aromatic rings. The van der Waals surface area contributed by atoms with Crippen molar-refractivity contribution in [3.05, 3.63) is 0 Å². The Morgan fingerprint density at radius 3 is 1.65 bits per heavy atom. The largest absolute Gasteiger partial charge is 0.394 e. The van der Waals surface area contributed by atoms with Crippen molar-refractivity contribution in [2.45, 2.75) is 92.1 Å². The van der Waals surface area contributed by atoms with E-state index in [4.69, 9.17) is 23.7 Å². The van der Waals surface area contributed by atoms with E-state index in [0.717, 1.165) is 0 Å². The number of hydrogen-bond donors (Lipinski definition) is 11. The fourth-order valence-electron chi connectivity index (χ4n) is 3.95. The molecule has 0 aromatic heterocycles. The Hall–Kier alpha value is -0.640. The maximum absolute atomic E-state index is 10.5. The molecule has 0 spiro atoms. The zero-order valence-electron chi connectivity index (χ0n) is 17.7. The number of aliphatic hydroxyl groups is 11. The van der Waals surface area contributed by atoms with Crippen LogP contribution in [0.5, 0.6) is 0 Å². The van der Waals surface area contributed by atoms with Crippen LogP contribution in [0, 0.1) is 0 Å². The number of hydrogen-bond acceptors (Lipinski definition) is 16. The van der Waals surface area contributed by atoms with Gasteiger partial charge in [-0.1, -0.05) is 0 Å². The summed E-state index contributed by atoms with van der Waals surface area (Å²) in [4.78, 5) is 0. The van der Waals surface area contributed by atoms with Gasteiger partial charge in [0.2, 0.25) is 0 Å². The molecule has 0 amide bonds. The molecule has 16 nitrogen and oxygen atoms in total. The Morgan fingerprint density at radius 2 is 1.03 bits per heavy atom. The molecule has 3 aliphatic rings. The third kappa shape index (κ3) is 5.52. The lowest BCUT2D eigenvalue weighted by Gasteiger charge is -2.46. The van der Waals surface area contributed by atoms with Crippen molar-refractivity contribution in [2.75, 3.05) is 19.8 Å². The third-order valence-electron chi connectivity index (χ3n) is 6.07. The van der Waals surface area contributed by atoms with Crippen LogP contribution in [-0.2, 0) is 23.7 Å². The maximum Gasteiger partial charge on any atom is 0.187 e. The number of ether oxygens (including phenoxy) is 5. The monoisotopic (exact) mass is 504 g/mol. The zero-order chi connectivity index (χ0) is 25.3. The molecule has 0 radical (unpaired) electrons. The average Bonchev–Trinajstić information content (AvgIpc) is 2.83. The van der Waals surface area contributed by atoms with Gasteiger partial charge in [0, 0.05) is 0 Å². The first-order valence-electron chi connectivity index (χ1n) is 10.6. The minimum Gasteiger partial charge on any atom is -0.394 e. The summed E-state index contributed by atoms with van der Waals surface area (Å²) in [6.07, 6.45) is -24.7. The fourth-order valence-corrected chi connectivity index (χ4v) is 3.95. The molecule has 3 rings (SSSR count). The van der Waals surface area contributed by atoms with Crippen LogP contribution in [0.3, 0.4) is 0 Å². The van der Waals surface area contributed by atoms with Gasteiger partial charge in [-0.3, -0.25) is 0 Å². The van der Waals surface area contributed by atoms with Gasteiger partial charge in [-0.15, -0.1) is 0 Å². The second kappa shape index (κ2) is 11.6. The maximum atomic E-state index is 10.5. The first-order chi connectivity index (χ1) is 16.0. The first-order valence-corrected chi connectivity index (χ1v) is 10.6. The van der Waals surface area contributed by atoms with E-state index in [-0.39, 0.29) is 0 Å². The van der Waals surface area contributed by atoms with Gasteiger partial charge in [0.25, 0.3) is 0 Å². The summed E-state index contributed by atoms with van der Waals surface area (Å²) in [6.45, 7) is -2.09. The zero-order valence-corrected chi connectivity index (χ0v) is 17.7. The normalized spacial score (nSPS) is 52.5. The molecule has 0 aliphatic carbocycles. The summed E-state index contributed by atoms with van der Waals surface area (Å²) >= 11 is 0. The van der Waals surface area contributed by atoms with E-state index >= 15 is 0 Å². The third-order valence-corrected chi connectivity index (χ3v) is 6.07. The lowest BCUT2D eigenvalue weighted by atomic mass is 9.97. The van der Waals surface area contributed by atoms with Gasteiger partial charge in [-0.05, 0) is 0 Å². The van der Waals surface area contributed by atoms with Crippen LogP contribution in [0.25, 0.3) is 0 Å².